The van der Waals surface area contributed by atoms with Gasteiger partial charge in [-0.15, -0.1) is 0 Å². The Morgan fingerprint density at radius 1 is 1.56 bits per heavy atom. The van der Waals surface area contributed by atoms with Crippen LogP contribution in [0.2, 0.25) is 0 Å². The van der Waals surface area contributed by atoms with Gasteiger partial charge in [0.05, 0.1) is 0 Å². The molecule has 104 valence electrons. The summed E-state index contributed by atoms with van der Waals surface area (Å²) in [5.41, 5.74) is 0. The van der Waals surface area contributed by atoms with Crippen molar-refractivity contribution in [2.24, 2.45) is 0 Å². The number of nitrogens with one attached hydrogen (secondary N) is 1. The molecule has 0 bridgehead atoms. The van der Waals surface area contributed by atoms with E-state index in [2.05, 4.69) is 10.2 Å². The predicted molar refractivity (Wildman–Crippen MR) is 68.5 cm³/mol. The highest BCUT2D eigenvalue weighted by molar-refractivity contribution is 5.82. The standard InChI is InChI=1S/C12H23N3O3/c1-4-10(11(16)17)13-12(18)15(3)9-6-5-7-14(2)8-9/h9-10H,4-8H2,1-3H3,(H,13,18)(H,16,17). The number of hydrogen-bond acceptors (Lipinski definition) is 3. The van der Waals surface area contributed by atoms with Crippen molar-refractivity contribution in [3.05, 3.63) is 0 Å². The number of rotatable bonds is 4. The first kappa shape index (κ1) is 14.8. The highest BCUT2D eigenvalue weighted by Crippen LogP contribution is 2.13. The van der Waals surface area contributed by atoms with Gasteiger partial charge in [-0.25, -0.2) is 9.59 Å². The van der Waals surface area contributed by atoms with Crippen molar-refractivity contribution >= 4 is 12.0 Å². The molecule has 0 aliphatic carbocycles. The summed E-state index contributed by atoms with van der Waals surface area (Å²) < 4.78 is 0. The number of carboxylic acid groups (broad SMARTS) is 1. The van der Waals surface area contributed by atoms with E-state index >= 15 is 0 Å². The Balaban J connectivity index is 2.52. The molecule has 1 saturated heterocycles. The minimum absolute atomic E-state index is 0.162. The molecule has 2 amide bonds. The minimum Gasteiger partial charge on any atom is -0.480 e. The average molecular weight is 257 g/mol. The molecule has 0 aromatic heterocycles. The number of amides is 2. The highest BCUT2D eigenvalue weighted by Gasteiger charge is 2.26. The van der Waals surface area contributed by atoms with Crippen LogP contribution in [0, 0.1) is 0 Å². The maximum Gasteiger partial charge on any atom is 0.326 e. The van der Waals surface area contributed by atoms with Gasteiger partial charge in [0.25, 0.3) is 0 Å². The van der Waals surface area contributed by atoms with E-state index in [4.69, 9.17) is 5.11 Å². The summed E-state index contributed by atoms with van der Waals surface area (Å²) in [6.45, 7) is 3.64. The first-order valence-electron chi connectivity index (χ1n) is 6.40. The quantitative estimate of drug-likeness (QED) is 0.773. The number of piperidine rings is 1. The molecular weight excluding hydrogens is 234 g/mol. The van der Waals surface area contributed by atoms with Crippen LogP contribution >= 0.6 is 0 Å². The zero-order chi connectivity index (χ0) is 13.7. The van der Waals surface area contributed by atoms with Gasteiger partial charge in [-0.2, -0.15) is 0 Å². The summed E-state index contributed by atoms with van der Waals surface area (Å²) in [6.07, 6.45) is 2.42. The summed E-state index contributed by atoms with van der Waals surface area (Å²) >= 11 is 0. The van der Waals surface area contributed by atoms with Crippen molar-refractivity contribution in [2.75, 3.05) is 27.2 Å². The monoisotopic (exact) mass is 257 g/mol. The third-order valence-corrected chi connectivity index (χ3v) is 3.47. The fourth-order valence-corrected chi connectivity index (χ4v) is 2.21. The molecule has 0 aromatic rings. The molecule has 1 rings (SSSR count). The third kappa shape index (κ3) is 3.87. The van der Waals surface area contributed by atoms with E-state index < -0.39 is 12.0 Å². The van der Waals surface area contributed by atoms with Crippen LogP contribution in [-0.2, 0) is 4.79 Å². The van der Waals surface area contributed by atoms with E-state index in [0.29, 0.717) is 6.42 Å². The number of carbonyl (C=O) groups excluding carboxylic acids is 1. The normalized spacial score (nSPS) is 22.3. The van der Waals surface area contributed by atoms with Gasteiger partial charge in [0.2, 0.25) is 0 Å². The Hall–Kier alpha value is -1.30. The lowest BCUT2D eigenvalue weighted by atomic mass is 10.1. The zero-order valence-electron chi connectivity index (χ0n) is 11.3. The van der Waals surface area contributed by atoms with Crippen LogP contribution in [0.25, 0.3) is 0 Å². The van der Waals surface area contributed by atoms with E-state index in [1.165, 1.54) is 0 Å². The number of likely N-dealkylation sites (tertiary alicyclic amines) is 1. The van der Waals surface area contributed by atoms with Crippen molar-refractivity contribution < 1.29 is 14.7 Å². The zero-order valence-corrected chi connectivity index (χ0v) is 11.3. The summed E-state index contributed by atoms with van der Waals surface area (Å²) in [5.74, 6) is -0.986. The number of likely N-dealkylation sites (N-methyl/N-ethyl adjacent to an activating group) is 2. The van der Waals surface area contributed by atoms with Crippen LogP contribution in [0.4, 0.5) is 4.79 Å². The first-order chi connectivity index (χ1) is 8.45. The molecule has 6 heteroatoms. The molecule has 18 heavy (non-hydrogen) atoms. The number of hydrogen-bond donors (Lipinski definition) is 2. The molecule has 2 atom stereocenters. The molecule has 0 aromatic carbocycles. The Morgan fingerprint density at radius 2 is 2.22 bits per heavy atom. The molecule has 1 fully saturated rings. The van der Waals surface area contributed by atoms with Crippen LogP contribution < -0.4 is 5.32 Å². The maximum absolute atomic E-state index is 12.0. The molecular formula is C12H23N3O3. The second-order valence-corrected chi connectivity index (χ2v) is 4.92. The van der Waals surface area contributed by atoms with Crippen LogP contribution in [0.1, 0.15) is 26.2 Å². The summed E-state index contributed by atoms with van der Waals surface area (Å²) in [4.78, 5) is 26.6. The van der Waals surface area contributed by atoms with Crippen LogP contribution in [0.3, 0.4) is 0 Å². The third-order valence-electron chi connectivity index (χ3n) is 3.47. The Morgan fingerprint density at radius 3 is 2.72 bits per heavy atom. The fraction of sp³-hybridized carbons (Fsp3) is 0.833. The number of aliphatic carboxylic acids is 1. The molecule has 1 aliphatic rings. The molecule has 1 aliphatic heterocycles. The summed E-state index contributed by atoms with van der Waals surface area (Å²) in [5, 5.41) is 11.5. The van der Waals surface area contributed by atoms with Gasteiger partial charge in [0.1, 0.15) is 6.04 Å². The van der Waals surface area contributed by atoms with Crippen LogP contribution in [0.15, 0.2) is 0 Å². The highest BCUT2D eigenvalue weighted by atomic mass is 16.4. The summed E-state index contributed by atoms with van der Waals surface area (Å²) in [6, 6.07) is -0.944. The van der Waals surface area contributed by atoms with Crippen LogP contribution in [0.5, 0.6) is 0 Å². The fourth-order valence-electron chi connectivity index (χ4n) is 2.21. The lowest BCUT2D eigenvalue weighted by Gasteiger charge is -2.36. The predicted octanol–water partition coefficient (Wildman–Crippen LogP) is 0.585. The van der Waals surface area contributed by atoms with E-state index in [1.54, 1.807) is 18.9 Å². The molecule has 0 saturated carbocycles. The van der Waals surface area contributed by atoms with Gasteiger partial charge in [-0.05, 0) is 32.9 Å². The van der Waals surface area contributed by atoms with Gasteiger partial charge < -0.3 is 20.2 Å². The Kier molecular flexibility index (Phi) is 5.40. The molecule has 6 nitrogen and oxygen atoms in total. The van der Waals surface area contributed by atoms with E-state index in [9.17, 15) is 9.59 Å². The molecule has 0 radical (unpaired) electrons. The van der Waals surface area contributed by atoms with Crippen LogP contribution in [-0.4, -0.2) is 66.2 Å². The second-order valence-electron chi connectivity index (χ2n) is 4.92. The van der Waals surface area contributed by atoms with Crippen molar-refractivity contribution in [1.29, 1.82) is 0 Å². The largest absolute Gasteiger partial charge is 0.480 e. The van der Waals surface area contributed by atoms with Crippen molar-refractivity contribution in [3.8, 4) is 0 Å². The van der Waals surface area contributed by atoms with E-state index in [1.807, 2.05) is 7.05 Å². The number of urea groups is 1. The second kappa shape index (κ2) is 6.58. The van der Waals surface area contributed by atoms with Crippen molar-refractivity contribution in [2.45, 2.75) is 38.3 Å². The molecule has 1 heterocycles. The van der Waals surface area contributed by atoms with Gasteiger partial charge in [0, 0.05) is 19.6 Å². The minimum atomic E-state index is -0.986. The molecule has 0 spiro atoms. The lowest BCUT2D eigenvalue weighted by Crippen LogP contribution is -2.53. The van der Waals surface area contributed by atoms with Gasteiger partial charge in [-0.3, -0.25) is 0 Å². The van der Waals surface area contributed by atoms with Crippen molar-refractivity contribution in [1.82, 2.24) is 15.1 Å². The molecule has 2 unspecified atom stereocenters. The number of carboxylic acids is 1. The van der Waals surface area contributed by atoms with E-state index in [0.717, 1.165) is 25.9 Å². The van der Waals surface area contributed by atoms with E-state index in [-0.39, 0.29) is 12.1 Å². The molecule has 2 N–H and O–H groups in total. The van der Waals surface area contributed by atoms with Gasteiger partial charge in [0.15, 0.2) is 0 Å². The Bertz CT molecular complexity index is 309. The maximum atomic E-state index is 12.0. The Labute approximate surface area is 108 Å². The average Bonchev–Trinajstić information content (AvgIpc) is 2.34. The lowest BCUT2D eigenvalue weighted by molar-refractivity contribution is -0.139. The summed E-state index contributed by atoms with van der Waals surface area (Å²) in [7, 11) is 3.76. The van der Waals surface area contributed by atoms with Crippen molar-refractivity contribution in [3.63, 3.8) is 0 Å². The number of nitrogens with zero attached hydrogens (tertiary/aromatic N) is 2. The number of carbonyl (C=O) groups is 2. The smallest absolute Gasteiger partial charge is 0.326 e. The topological polar surface area (TPSA) is 72.9 Å². The van der Waals surface area contributed by atoms with Gasteiger partial charge in [-0.1, -0.05) is 6.92 Å². The van der Waals surface area contributed by atoms with Gasteiger partial charge >= 0.3 is 12.0 Å². The SMILES string of the molecule is CCC(NC(=O)N(C)C1CCCN(C)C1)C(=O)O. The first-order valence-corrected chi connectivity index (χ1v) is 6.40.